The molecule has 0 aliphatic carbocycles. The largest absolute Gasteiger partial charge is 0.474 e. The molecule has 2 aliphatic rings. The van der Waals surface area contributed by atoms with Crippen LogP contribution in [0.2, 0.25) is 0 Å². The second kappa shape index (κ2) is 6.30. The van der Waals surface area contributed by atoms with Gasteiger partial charge in [-0.1, -0.05) is 0 Å². The summed E-state index contributed by atoms with van der Waals surface area (Å²) in [5.41, 5.74) is -0.453. The fourth-order valence-corrected chi connectivity index (χ4v) is 3.67. The molecule has 5 nitrogen and oxygen atoms in total. The van der Waals surface area contributed by atoms with Crippen molar-refractivity contribution < 1.29 is 14.3 Å². The van der Waals surface area contributed by atoms with Crippen molar-refractivity contribution in [3.63, 3.8) is 0 Å². The smallest absolute Gasteiger partial charge is 0.410 e. The topological polar surface area (TPSA) is 51.7 Å². The minimum Gasteiger partial charge on any atom is -0.474 e. The molecular formula is C17H23BrN2O3. The number of ether oxygens (including phenoxy) is 2. The molecule has 0 aromatic carbocycles. The number of hydrogen-bond donors (Lipinski definition) is 0. The standard InChI is InChI=1S/C17H23BrN2O3/c1-17(2,3)23-16(21)20-12-5-6-13(20)9-14(8-12)22-15-7-4-11(18)10-19-15/h4,7,10,12-14H,5-6,8-9H2,1-3H3/t12-,13+,14?. The van der Waals surface area contributed by atoms with Crippen LogP contribution in [0.3, 0.4) is 0 Å². The van der Waals surface area contributed by atoms with Gasteiger partial charge in [0.1, 0.15) is 11.7 Å². The molecule has 23 heavy (non-hydrogen) atoms. The van der Waals surface area contributed by atoms with Crippen LogP contribution in [0.1, 0.15) is 46.5 Å². The summed E-state index contributed by atoms with van der Waals surface area (Å²) in [5.74, 6) is 0.642. The molecule has 6 heteroatoms. The minimum absolute atomic E-state index is 0.111. The molecule has 1 unspecified atom stereocenters. The summed E-state index contributed by atoms with van der Waals surface area (Å²) < 4.78 is 12.5. The van der Waals surface area contributed by atoms with Gasteiger partial charge in [0, 0.05) is 41.7 Å². The highest BCUT2D eigenvalue weighted by Gasteiger charge is 2.45. The number of nitrogens with zero attached hydrogens (tertiary/aromatic N) is 2. The molecule has 2 bridgehead atoms. The van der Waals surface area contributed by atoms with Crippen LogP contribution in [0.15, 0.2) is 22.8 Å². The number of piperidine rings is 1. The second-order valence-electron chi connectivity index (χ2n) is 7.30. The van der Waals surface area contributed by atoms with Gasteiger partial charge in [-0.15, -0.1) is 0 Å². The molecule has 1 aromatic heterocycles. The Morgan fingerprint density at radius 3 is 2.43 bits per heavy atom. The maximum atomic E-state index is 12.4. The number of rotatable bonds is 2. The van der Waals surface area contributed by atoms with Gasteiger partial charge in [-0.2, -0.15) is 0 Å². The van der Waals surface area contributed by atoms with Crippen molar-refractivity contribution in [1.29, 1.82) is 0 Å². The SMILES string of the molecule is CC(C)(C)OC(=O)N1[C@@H]2CC[C@H]1CC(Oc1ccc(Br)cn1)C2. The van der Waals surface area contributed by atoms with Crippen LogP contribution in [0.25, 0.3) is 0 Å². The number of amides is 1. The van der Waals surface area contributed by atoms with E-state index >= 15 is 0 Å². The normalized spacial score (nSPS) is 27.0. The third-order valence-corrected chi connectivity index (χ3v) is 4.75. The first kappa shape index (κ1) is 16.6. The first-order valence-electron chi connectivity index (χ1n) is 8.11. The summed E-state index contributed by atoms with van der Waals surface area (Å²) in [4.78, 5) is 18.6. The first-order valence-corrected chi connectivity index (χ1v) is 8.90. The van der Waals surface area contributed by atoms with Crippen molar-refractivity contribution in [1.82, 2.24) is 9.88 Å². The molecule has 2 aliphatic heterocycles. The van der Waals surface area contributed by atoms with Crippen molar-refractivity contribution in [2.75, 3.05) is 0 Å². The highest BCUT2D eigenvalue weighted by molar-refractivity contribution is 9.10. The summed E-state index contributed by atoms with van der Waals surface area (Å²) in [6, 6.07) is 4.21. The van der Waals surface area contributed by atoms with E-state index < -0.39 is 5.60 Å². The Kier molecular flexibility index (Phi) is 4.54. The molecule has 3 rings (SSSR count). The van der Waals surface area contributed by atoms with E-state index in [4.69, 9.17) is 9.47 Å². The van der Waals surface area contributed by atoms with E-state index in [0.29, 0.717) is 5.88 Å². The van der Waals surface area contributed by atoms with Gasteiger partial charge >= 0.3 is 6.09 Å². The highest BCUT2D eigenvalue weighted by atomic mass is 79.9. The van der Waals surface area contributed by atoms with Gasteiger partial charge in [-0.3, -0.25) is 0 Å². The number of carbonyl (C=O) groups excluding carboxylic acids is 1. The molecule has 3 atom stereocenters. The lowest BCUT2D eigenvalue weighted by Gasteiger charge is -2.39. The highest BCUT2D eigenvalue weighted by Crippen LogP contribution is 2.38. The maximum Gasteiger partial charge on any atom is 0.410 e. The fourth-order valence-electron chi connectivity index (χ4n) is 3.44. The van der Waals surface area contributed by atoms with E-state index in [1.54, 1.807) is 6.20 Å². The van der Waals surface area contributed by atoms with Crippen LogP contribution in [-0.2, 0) is 4.74 Å². The molecular weight excluding hydrogens is 360 g/mol. The lowest BCUT2D eigenvalue weighted by Crippen LogP contribution is -2.50. The average molecular weight is 383 g/mol. The number of halogens is 1. The molecule has 1 aromatic rings. The summed E-state index contributed by atoms with van der Waals surface area (Å²) in [6.45, 7) is 5.71. The van der Waals surface area contributed by atoms with E-state index in [1.807, 2.05) is 37.8 Å². The zero-order chi connectivity index (χ0) is 16.6. The van der Waals surface area contributed by atoms with Crippen molar-refractivity contribution in [3.05, 3.63) is 22.8 Å². The third kappa shape index (κ3) is 3.97. The number of hydrogen-bond acceptors (Lipinski definition) is 4. The van der Waals surface area contributed by atoms with Crippen LogP contribution < -0.4 is 4.74 Å². The zero-order valence-corrected chi connectivity index (χ0v) is 15.4. The quantitative estimate of drug-likeness (QED) is 0.770. The van der Waals surface area contributed by atoms with E-state index in [1.165, 1.54) is 0 Å². The maximum absolute atomic E-state index is 12.4. The predicted octanol–water partition coefficient (Wildman–Crippen LogP) is 4.15. The third-order valence-electron chi connectivity index (χ3n) is 4.28. The lowest BCUT2D eigenvalue weighted by atomic mass is 10.0. The molecule has 2 fully saturated rings. The van der Waals surface area contributed by atoms with E-state index in [9.17, 15) is 4.79 Å². The molecule has 0 spiro atoms. The van der Waals surface area contributed by atoms with Crippen LogP contribution in [0.4, 0.5) is 4.79 Å². The van der Waals surface area contributed by atoms with Crippen molar-refractivity contribution >= 4 is 22.0 Å². The van der Waals surface area contributed by atoms with Gasteiger partial charge in [0.15, 0.2) is 0 Å². The van der Waals surface area contributed by atoms with E-state index in [-0.39, 0.29) is 24.3 Å². The number of pyridine rings is 1. The monoisotopic (exact) mass is 382 g/mol. The molecule has 2 saturated heterocycles. The Balaban J connectivity index is 1.62. The molecule has 126 valence electrons. The fraction of sp³-hybridized carbons (Fsp3) is 0.647. The van der Waals surface area contributed by atoms with Crippen molar-refractivity contribution in [2.24, 2.45) is 0 Å². The molecule has 0 saturated carbocycles. The van der Waals surface area contributed by atoms with Crippen molar-refractivity contribution in [3.8, 4) is 5.88 Å². The van der Waals surface area contributed by atoms with Crippen molar-refractivity contribution in [2.45, 2.75) is 70.2 Å². The van der Waals surface area contributed by atoms with Crippen LogP contribution in [0, 0.1) is 0 Å². The lowest BCUT2D eigenvalue weighted by molar-refractivity contribution is -0.00759. The zero-order valence-electron chi connectivity index (χ0n) is 13.8. The second-order valence-corrected chi connectivity index (χ2v) is 8.21. The van der Waals surface area contributed by atoms with E-state index in [0.717, 1.165) is 30.2 Å². The summed E-state index contributed by atoms with van der Waals surface area (Å²) in [6.07, 6.45) is 5.39. The average Bonchev–Trinajstić information content (AvgIpc) is 2.72. The Labute approximate surface area is 145 Å². The first-order chi connectivity index (χ1) is 10.8. The van der Waals surface area contributed by atoms with E-state index in [2.05, 4.69) is 20.9 Å². The Hall–Kier alpha value is -1.30. The van der Waals surface area contributed by atoms with Gasteiger partial charge < -0.3 is 14.4 Å². The molecule has 3 heterocycles. The van der Waals surface area contributed by atoms with Crippen LogP contribution >= 0.6 is 15.9 Å². The summed E-state index contributed by atoms with van der Waals surface area (Å²) in [5, 5.41) is 0. The summed E-state index contributed by atoms with van der Waals surface area (Å²) in [7, 11) is 0. The Morgan fingerprint density at radius 2 is 1.91 bits per heavy atom. The molecule has 0 radical (unpaired) electrons. The minimum atomic E-state index is -0.453. The van der Waals surface area contributed by atoms with Gasteiger partial charge in [0.2, 0.25) is 5.88 Å². The van der Waals surface area contributed by atoms with Gasteiger partial charge in [-0.25, -0.2) is 9.78 Å². The van der Waals surface area contributed by atoms with Gasteiger partial charge in [-0.05, 0) is 55.6 Å². The van der Waals surface area contributed by atoms with Crippen LogP contribution in [-0.4, -0.2) is 39.8 Å². The number of aromatic nitrogens is 1. The number of fused-ring (bicyclic) bond motifs is 2. The van der Waals surface area contributed by atoms with Gasteiger partial charge in [0.05, 0.1) is 0 Å². The van der Waals surface area contributed by atoms with Gasteiger partial charge in [0.25, 0.3) is 0 Å². The molecule has 0 N–H and O–H groups in total. The van der Waals surface area contributed by atoms with Crippen LogP contribution in [0.5, 0.6) is 5.88 Å². The summed E-state index contributed by atoms with van der Waals surface area (Å²) >= 11 is 3.37. The molecule has 1 amide bonds. The predicted molar refractivity (Wildman–Crippen MR) is 90.5 cm³/mol. The Morgan fingerprint density at radius 1 is 1.26 bits per heavy atom. The Bertz CT molecular complexity index is 556. The number of carbonyl (C=O) groups is 1.